The van der Waals surface area contributed by atoms with E-state index in [4.69, 9.17) is 9.47 Å². The number of nitrogens with one attached hydrogen (secondary N) is 1. The van der Waals surface area contributed by atoms with Crippen LogP contribution in [-0.4, -0.2) is 30.1 Å². The fraction of sp³-hybridized carbons (Fsp3) is 0.250. The van der Waals surface area contributed by atoms with Crippen molar-refractivity contribution < 1.29 is 23.9 Å². The molecule has 6 heteroatoms. The van der Waals surface area contributed by atoms with Gasteiger partial charge in [0.05, 0.1) is 17.7 Å². The monoisotopic (exact) mass is 353 g/mol. The van der Waals surface area contributed by atoms with E-state index in [9.17, 15) is 14.4 Å². The minimum atomic E-state index is -1.30. The lowest BCUT2D eigenvalue weighted by atomic mass is 9.89. The van der Waals surface area contributed by atoms with Gasteiger partial charge >= 0.3 is 11.9 Å². The first-order valence-electron chi connectivity index (χ1n) is 8.33. The lowest BCUT2D eigenvalue weighted by Gasteiger charge is -2.33. The number of amides is 1. The molecule has 0 bridgehead atoms. The molecule has 1 aliphatic heterocycles. The number of cyclic esters (lactones) is 1. The molecule has 0 aliphatic carbocycles. The molecule has 3 rings (SSSR count). The Labute approximate surface area is 151 Å². The third-order valence-corrected chi connectivity index (χ3v) is 4.22. The van der Waals surface area contributed by atoms with E-state index in [1.807, 2.05) is 12.1 Å². The van der Waals surface area contributed by atoms with Gasteiger partial charge in [-0.15, -0.1) is 0 Å². The van der Waals surface area contributed by atoms with Crippen LogP contribution in [-0.2, 0) is 20.7 Å². The molecular weight excluding hydrogens is 334 g/mol. The largest absolute Gasteiger partial charge is 0.462 e. The van der Waals surface area contributed by atoms with Crippen molar-refractivity contribution in [2.24, 2.45) is 0 Å². The zero-order chi connectivity index (χ0) is 18.7. The maximum Gasteiger partial charge on any atom is 0.339 e. The SMILES string of the molecule is CCOC(=O)c1ccc(NC(=O)C2(C)Cc3ccccc3C(=O)O2)cc1. The summed E-state index contributed by atoms with van der Waals surface area (Å²) in [4.78, 5) is 36.5. The smallest absolute Gasteiger partial charge is 0.339 e. The molecule has 0 aromatic heterocycles. The highest BCUT2D eigenvalue weighted by molar-refractivity contribution is 6.02. The van der Waals surface area contributed by atoms with Gasteiger partial charge in [0.2, 0.25) is 0 Å². The van der Waals surface area contributed by atoms with Crippen molar-refractivity contribution in [3.8, 4) is 0 Å². The highest BCUT2D eigenvalue weighted by Crippen LogP contribution is 2.29. The number of fused-ring (bicyclic) bond motifs is 1. The third kappa shape index (κ3) is 3.44. The van der Waals surface area contributed by atoms with Gasteiger partial charge in [-0.05, 0) is 49.7 Å². The second-order valence-electron chi connectivity index (χ2n) is 6.21. The first kappa shape index (κ1) is 17.7. The molecule has 6 nitrogen and oxygen atoms in total. The molecule has 1 N–H and O–H groups in total. The molecule has 1 atom stereocenters. The number of ether oxygens (including phenoxy) is 2. The van der Waals surface area contributed by atoms with Gasteiger partial charge in [-0.3, -0.25) is 4.79 Å². The molecule has 0 radical (unpaired) electrons. The van der Waals surface area contributed by atoms with Gasteiger partial charge in [-0.25, -0.2) is 9.59 Å². The van der Waals surface area contributed by atoms with Crippen molar-refractivity contribution in [3.63, 3.8) is 0 Å². The average Bonchev–Trinajstić information content (AvgIpc) is 2.62. The minimum absolute atomic E-state index is 0.293. The molecule has 1 amide bonds. The molecule has 2 aromatic rings. The Morgan fingerprint density at radius 2 is 1.85 bits per heavy atom. The van der Waals surface area contributed by atoms with Gasteiger partial charge in [0.1, 0.15) is 0 Å². The Morgan fingerprint density at radius 3 is 2.54 bits per heavy atom. The maximum absolute atomic E-state index is 12.7. The Morgan fingerprint density at radius 1 is 1.15 bits per heavy atom. The predicted molar refractivity (Wildman–Crippen MR) is 95.0 cm³/mol. The Balaban J connectivity index is 1.74. The summed E-state index contributed by atoms with van der Waals surface area (Å²) < 4.78 is 10.3. The number of anilines is 1. The van der Waals surface area contributed by atoms with Gasteiger partial charge in [0.15, 0.2) is 5.60 Å². The minimum Gasteiger partial charge on any atom is -0.462 e. The summed E-state index contributed by atoms with van der Waals surface area (Å²) in [5, 5.41) is 2.73. The molecule has 2 aromatic carbocycles. The van der Waals surface area contributed by atoms with Gasteiger partial charge in [-0.2, -0.15) is 0 Å². The first-order valence-corrected chi connectivity index (χ1v) is 8.33. The molecule has 0 fully saturated rings. The summed E-state index contributed by atoms with van der Waals surface area (Å²) in [5.41, 5.74) is 0.856. The second kappa shape index (κ2) is 7.00. The lowest BCUT2D eigenvalue weighted by molar-refractivity contribution is -0.134. The summed E-state index contributed by atoms with van der Waals surface area (Å²) in [6, 6.07) is 13.4. The van der Waals surface area contributed by atoms with E-state index in [1.54, 1.807) is 50.2 Å². The summed E-state index contributed by atoms with van der Waals surface area (Å²) in [6.07, 6.45) is 0.293. The van der Waals surface area contributed by atoms with Crippen molar-refractivity contribution in [1.82, 2.24) is 0 Å². The Kier molecular flexibility index (Phi) is 4.75. The molecule has 1 aliphatic rings. The van der Waals surface area contributed by atoms with Crippen molar-refractivity contribution in [2.75, 3.05) is 11.9 Å². The lowest BCUT2D eigenvalue weighted by Crippen LogP contribution is -2.48. The Bertz CT molecular complexity index is 859. The molecular formula is C20H19NO5. The van der Waals surface area contributed by atoms with Crippen molar-refractivity contribution >= 4 is 23.5 Å². The number of hydrogen-bond acceptors (Lipinski definition) is 5. The molecule has 1 heterocycles. The quantitative estimate of drug-likeness (QED) is 0.855. The summed E-state index contributed by atoms with van der Waals surface area (Å²) >= 11 is 0. The van der Waals surface area contributed by atoms with Crippen molar-refractivity contribution in [2.45, 2.75) is 25.9 Å². The molecule has 0 saturated heterocycles. The number of hydrogen-bond donors (Lipinski definition) is 1. The van der Waals surface area contributed by atoms with Crippen LogP contribution in [0.3, 0.4) is 0 Å². The molecule has 26 heavy (non-hydrogen) atoms. The van der Waals surface area contributed by atoms with Gasteiger partial charge < -0.3 is 14.8 Å². The van der Waals surface area contributed by atoms with E-state index in [0.717, 1.165) is 5.56 Å². The van der Waals surface area contributed by atoms with E-state index in [1.165, 1.54) is 0 Å². The standard InChI is InChI=1S/C20H19NO5/c1-3-25-17(22)13-8-10-15(11-9-13)21-19(24)20(2)12-14-6-4-5-7-16(14)18(23)26-20/h4-11H,3,12H2,1-2H3,(H,21,24). The molecule has 0 spiro atoms. The van der Waals surface area contributed by atoms with E-state index in [0.29, 0.717) is 29.8 Å². The highest BCUT2D eigenvalue weighted by atomic mass is 16.6. The van der Waals surface area contributed by atoms with Crippen LogP contribution >= 0.6 is 0 Å². The highest BCUT2D eigenvalue weighted by Gasteiger charge is 2.42. The van der Waals surface area contributed by atoms with Gasteiger partial charge in [-0.1, -0.05) is 18.2 Å². The van der Waals surface area contributed by atoms with Crippen molar-refractivity contribution in [1.29, 1.82) is 0 Å². The summed E-state index contributed by atoms with van der Waals surface area (Å²) in [7, 11) is 0. The average molecular weight is 353 g/mol. The van der Waals surface area contributed by atoms with E-state index < -0.39 is 23.4 Å². The number of rotatable bonds is 4. The van der Waals surface area contributed by atoms with Crippen molar-refractivity contribution in [3.05, 3.63) is 65.2 Å². The predicted octanol–water partition coefficient (Wildman–Crippen LogP) is 2.97. The van der Waals surface area contributed by atoms with Gasteiger partial charge in [0.25, 0.3) is 5.91 Å². The summed E-state index contributed by atoms with van der Waals surface area (Å²) in [6.45, 7) is 3.61. The first-order chi connectivity index (χ1) is 12.4. The topological polar surface area (TPSA) is 81.7 Å². The third-order valence-electron chi connectivity index (χ3n) is 4.22. The van der Waals surface area contributed by atoms with Crippen LogP contribution < -0.4 is 5.32 Å². The second-order valence-corrected chi connectivity index (χ2v) is 6.21. The maximum atomic E-state index is 12.7. The number of benzene rings is 2. The van der Waals surface area contributed by atoms with Crippen LogP contribution in [0.1, 0.15) is 40.1 Å². The molecule has 134 valence electrons. The van der Waals surface area contributed by atoms with Crippen LogP contribution in [0.15, 0.2) is 48.5 Å². The molecule has 0 saturated carbocycles. The Hall–Kier alpha value is -3.15. The van der Waals surface area contributed by atoms with E-state index in [-0.39, 0.29) is 0 Å². The van der Waals surface area contributed by atoms with Gasteiger partial charge in [0, 0.05) is 12.1 Å². The normalized spacial score (nSPS) is 18.5. The zero-order valence-electron chi connectivity index (χ0n) is 14.6. The fourth-order valence-electron chi connectivity index (χ4n) is 2.83. The molecule has 1 unspecified atom stereocenters. The summed E-state index contributed by atoms with van der Waals surface area (Å²) in [5.74, 6) is -1.36. The van der Waals surface area contributed by atoms with E-state index in [2.05, 4.69) is 5.32 Å². The van der Waals surface area contributed by atoms with Crippen LogP contribution in [0, 0.1) is 0 Å². The number of esters is 2. The fourth-order valence-corrected chi connectivity index (χ4v) is 2.83. The van der Waals surface area contributed by atoms with Crippen LogP contribution in [0.2, 0.25) is 0 Å². The van der Waals surface area contributed by atoms with Crippen LogP contribution in [0.25, 0.3) is 0 Å². The number of carbonyl (C=O) groups excluding carboxylic acids is 3. The van der Waals surface area contributed by atoms with Crippen LogP contribution in [0.4, 0.5) is 5.69 Å². The van der Waals surface area contributed by atoms with Crippen LogP contribution in [0.5, 0.6) is 0 Å². The zero-order valence-corrected chi connectivity index (χ0v) is 14.6. The number of carbonyl (C=O) groups is 3. The van der Waals surface area contributed by atoms with E-state index >= 15 is 0 Å².